The lowest BCUT2D eigenvalue weighted by molar-refractivity contribution is 0.0881. The smallest absolute Gasteiger partial charge is 0.0362 e. The summed E-state index contributed by atoms with van der Waals surface area (Å²) in [6, 6.07) is 0. The van der Waals surface area contributed by atoms with Crippen LogP contribution in [-0.2, 0) is 0 Å². The van der Waals surface area contributed by atoms with E-state index >= 15 is 0 Å². The highest BCUT2D eigenvalue weighted by Gasteiger charge is 2.48. The molecule has 2 fully saturated rings. The SMILES string of the molecule is CC1(N)CCCCC1(N)C1CCCCCC1. The largest absolute Gasteiger partial charge is 0.324 e. The van der Waals surface area contributed by atoms with Gasteiger partial charge in [0, 0.05) is 11.1 Å². The fraction of sp³-hybridized carbons (Fsp3) is 1.00. The predicted molar refractivity (Wildman–Crippen MR) is 69.2 cm³/mol. The van der Waals surface area contributed by atoms with Gasteiger partial charge in [-0.15, -0.1) is 0 Å². The van der Waals surface area contributed by atoms with Gasteiger partial charge in [-0.1, -0.05) is 38.5 Å². The summed E-state index contributed by atoms with van der Waals surface area (Å²) in [4.78, 5) is 0. The number of nitrogens with two attached hydrogens (primary N) is 2. The molecule has 0 aromatic carbocycles. The van der Waals surface area contributed by atoms with Crippen molar-refractivity contribution in [3.63, 3.8) is 0 Å². The Hall–Kier alpha value is -0.0800. The van der Waals surface area contributed by atoms with E-state index in [2.05, 4.69) is 6.92 Å². The van der Waals surface area contributed by atoms with E-state index < -0.39 is 0 Å². The minimum absolute atomic E-state index is 0.0877. The summed E-state index contributed by atoms with van der Waals surface area (Å²) in [5.74, 6) is 0.672. The molecule has 0 spiro atoms. The molecule has 2 rings (SSSR count). The van der Waals surface area contributed by atoms with Crippen molar-refractivity contribution in [2.45, 2.75) is 82.2 Å². The first-order valence-corrected chi connectivity index (χ1v) is 7.14. The van der Waals surface area contributed by atoms with Crippen molar-refractivity contribution in [2.75, 3.05) is 0 Å². The molecule has 0 saturated heterocycles. The molecule has 0 heterocycles. The zero-order chi connectivity index (χ0) is 11.6. The van der Waals surface area contributed by atoms with Gasteiger partial charge in [-0.05, 0) is 38.5 Å². The molecular formula is C14H28N2. The van der Waals surface area contributed by atoms with Crippen LogP contribution in [0.15, 0.2) is 0 Å². The fourth-order valence-corrected chi connectivity index (χ4v) is 3.89. The molecule has 4 N–H and O–H groups in total. The topological polar surface area (TPSA) is 52.0 Å². The summed E-state index contributed by atoms with van der Waals surface area (Å²) in [5.41, 5.74) is 13.0. The van der Waals surface area contributed by atoms with Gasteiger partial charge in [-0.2, -0.15) is 0 Å². The molecule has 0 amide bonds. The van der Waals surface area contributed by atoms with E-state index in [1.54, 1.807) is 0 Å². The molecule has 2 aliphatic rings. The highest BCUT2D eigenvalue weighted by molar-refractivity contribution is 5.10. The second-order valence-corrected chi connectivity index (χ2v) is 6.35. The summed E-state index contributed by atoms with van der Waals surface area (Å²) < 4.78 is 0. The zero-order valence-electron chi connectivity index (χ0n) is 10.8. The maximum absolute atomic E-state index is 6.76. The van der Waals surface area contributed by atoms with E-state index in [1.165, 1.54) is 51.4 Å². The molecule has 0 aromatic heterocycles. The Kier molecular flexibility index (Phi) is 3.60. The lowest BCUT2D eigenvalue weighted by Gasteiger charge is -2.52. The molecule has 94 valence electrons. The average molecular weight is 224 g/mol. The van der Waals surface area contributed by atoms with Crippen molar-refractivity contribution in [1.82, 2.24) is 0 Å². The van der Waals surface area contributed by atoms with E-state index in [0.29, 0.717) is 5.92 Å². The van der Waals surface area contributed by atoms with E-state index in [9.17, 15) is 0 Å². The van der Waals surface area contributed by atoms with Crippen LogP contribution in [0.4, 0.5) is 0 Å². The van der Waals surface area contributed by atoms with E-state index in [4.69, 9.17) is 11.5 Å². The molecule has 2 saturated carbocycles. The first kappa shape index (κ1) is 12.4. The van der Waals surface area contributed by atoms with Crippen LogP contribution in [0.3, 0.4) is 0 Å². The second-order valence-electron chi connectivity index (χ2n) is 6.35. The minimum atomic E-state index is -0.139. The molecule has 0 radical (unpaired) electrons. The van der Waals surface area contributed by atoms with Gasteiger partial charge in [0.05, 0.1) is 0 Å². The molecule has 2 atom stereocenters. The normalized spacial score (nSPS) is 42.9. The highest BCUT2D eigenvalue weighted by Crippen LogP contribution is 2.43. The first-order valence-electron chi connectivity index (χ1n) is 7.14. The number of hydrogen-bond acceptors (Lipinski definition) is 2. The van der Waals surface area contributed by atoms with Crippen molar-refractivity contribution in [1.29, 1.82) is 0 Å². The van der Waals surface area contributed by atoms with Crippen molar-refractivity contribution in [3.8, 4) is 0 Å². The van der Waals surface area contributed by atoms with E-state index in [1.807, 2.05) is 0 Å². The van der Waals surface area contributed by atoms with Crippen LogP contribution in [0.2, 0.25) is 0 Å². The monoisotopic (exact) mass is 224 g/mol. The predicted octanol–water partition coefficient (Wildman–Crippen LogP) is 2.95. The van der Waals surface area contributed by atoms with E-state index in [0.717, 1.165) is 12.8 Å². The third-order valence-electron chi connectivity index (χ3n) is 5.18. The molecule has 0 aromatic rings. The van der Waals surface area contributed by atoms with Crippen LogP contribution in [0.5, 0.6) is 0 Å². The van der Waals surface area contributed by atoms with Gasteiger partial charge < -0.3 is 11.5 Å². The van der Waals surface area contributed by atoms with Gasteiger partial charge in [0.2, 0.25) is 0 Å². The Balaban J connectivity index is 2.14. The number of hydrogen-bond donors (Lipinski definition) is 2. The van der Waals surface area contributed by atoms with Gasteiger partial charge in [0.25, 0.3) is 0 Å². The Morgan fingerprint density at radius 3 is 1.94 bits per heavy atom. The van der Waals surface area contributed by atoms with Crippen molar-refractivity contribution < 1.29 is 0 Å². The Morgan fingerprint density at radius 1 is 0.812 bits per heavy atom. The third-order valence-corrected chi connectivity index (χ3v) is 5.18. The number of rotatable bonds is 1. The van der Waals surface area contributed by atoms with Crippen LogP contribution in [0, 0.1) is 5.92 Å². The summed E-state index contributed by atoms with van der Waals surface area (Å²) >= 11 is 0. The Labute approximate surface area is 100 Å². The maximum atomic E-state index is 6.76. The van der Waals surface area contributed by atoms with Crippen molar-refractivity contribution >= 4 is 0 Å². The van der Waals surface area contributed by atoms with Crippen molar-refractivity contribution in [2.24, 2.45) is 17.4 Å². The van der Waals surface area contributed by atoms with Gasteiger partial charge in [-0.25, -0.2) is 0 Å². The second kappa shape index (κ2) is 4.66. The summed E-state index contributed by atoms with van der Waals surface area (Å²) in [6.45, 7) is 2.19. The van der Waals surface area contributed by atoms with Gasteiger partial charge >= 0.3 is 0 Å². The van der Waals surface area contributed by atoms with Gasteiger partial charge in [-0.3, -0.25) is 0 Å². The highest BCUT2D eigenvalue weighted by atomic mass is 14.9. The maximum Gasteiger partial charge on any atom is 0.0362 e. The van der Waals surface area contributed by atoms with Crippen molar-refractivity contribution in [3.05, 3.63) is 0 Å². The standard InChI is InChI=1S/C14H28N2/c1-13(15)10-6-7-11-14(13,16)12-8-4-2-3-5-9-12/h12H,2-11,15-16H2,1H3. The Bertz CT molecular complexity index is 229. The lowest BCUT2D eigenvalue weighted by Crippen LogP contribution is -2.69. The lowest BCUT2D eigenvalue weighted by atomic mass is 9.61. The molecule has 0 aliphatic heterocycles. The molecule has 0 bridgehead atoms. The van der Waals surface area contributed by atoms with Crippen LogP contribution >= 0.6 is 0 Å². The fourth-order valence-electron chi connectivity index (χ4n) is 3.89. The van der Waals surface area contributed by atoms with Gasteiger partial charge in [0.1, 0.15) is 0 Å². The van der Waals surface area contributed by atoms with Crippen LogP contribution in [-0.4, -0.2) is 11.1 Å². The first-order chi connectivity index (χ1) is 7.56. The van der Waals surface area contributed by atoms with Crippen LogP contribution in [0.25, 0.3) is 0 Å². The molecule has 2 nitrogen and oxygen atoms in total. The van der Waals surface area contributed by atoms with Crippen LogP contribution in [0.1, 0.15) is 71.1 Å². The van der Waals surface area contributed by atoms with E-state index in [-0.39, 0.29) is 11.1 Å². The molecule has 2 heteroatoms. The Morgan fingerprint density at radius 2 is 1.38 bits per heavy atom. The van der Waals surface area contributed by atoms with Crippen LogP contribution < -0.4 is 11.5 Å². The summed E-state index contributed by atoms with van der Waals surface area (Å²) in [7, 11) is 0. The summed E-state index contributed by atoms with van der Waals surface area (Å²) in [5, 5.41) is 0. The molecule has 16 heavy (non-hydrogen) atoms. The third kappa shape index (κ3) is 2.14. The molecular weight excluding hydrogens is 196 g/mol. The summed E-state index contributed by atoms with van der Waals surface area (Å²) in [6.07, 6.45) is 12.9. The zero-order valence-corrected chi connectivity index (χ0v) is 10.8. The van der Waals surface area contributed by atoms with Gasteiger partial charge in [0.15, 0.2) is 0 Å². The average Bonchev–Trinajstić information content (AvgIpc) is 2.51. The molecule has 2 unspecified atom stereocenters. The minimum Gasteiger partial charge on any atom is -0.324 e. The molecule has 2 aliphatic carbocycles. The quantitative estimate of drug-likeness (QED) is 0.673.